The normalized spacial score (nSPS) is 16.4. The Morgan fingerprint density at radius 1 is 1.34 bits per heavy atom. The van der Waals surface area contributed by atoms with Crippen LogP contribution in [0.1, 0.15) is 40.0 Å². The number of nitrogen functional groups attached to an aromatic ring is 1. The predicted molar refractivity (Wildman–Crippen MR) is 115 cm³/mol. The van der Waals surface area contributed by atoms with Crippen LogP contribution in [0.15, 0.2) is 12.3 Å². The van der Waals surface area contributed by atoms with E-state index in [4.69, 9.17) is 10.5 Å². The first-order chi connectivity index (χ1) is 13.9. The number of carbonyl (C=O) groups excluding carboxylic acids is 1. The van der Waals surface area contributed by atoms with Gasteiger partial charge >= 0.3 is 0 Å². The summed E-state index contributed by atoms with van der Waals surface area (Å²) in [5, 5.41) is 6.40. The minimum absolute atomic E-state index is 0.0603. The highest BCUT2D eigenvalue weighted by atomic mass is 16.5. The molecule has 3 heterocycles. The molecule has 1 amide bonds. The van der Waals surface area contributed by atoms with E-state index in [1.807, 2.05) is 12.3 Å². The third kappa shape index (κ3) is 5.44. The number of carbonyl (C=O) groups is 1. The van der Waals surface area contributed by atoms with Crippen LogP contribution in [0.5, 0.6) is 0 Å². The maximum absolute atomic E-state index is 11.5. The van der Waals surface area contributed by atoms with Crippen LogP contribution < -0.4 is 21.3 Å². The van der Waals surface area contributed by atoms with Crippen LogP contribution in [-0.4, -0.2) is 59.2 Å². The quantitative estimate of drug-likeness (QED) is 0.614. The number of amides is 1. The van der Waals surface area contributed by atoms with E-state index in [9.17, 15) is 4.79 Å². The molecular weight excluding hydrogens is 370 g/mol. The van der Waals surface area contributed by atoms with Gasteiger partial charge in [0.2, 0.25) is 11.9 Å². The summed E-state index contributed by atoms with van der Waals surface area (Å²) in [5.74, 6) is 0.720. The van der Waals surface area contributed by atoms with Gasteiger partial charge in [-0.1, -0.05) is 19.8 Å². The third-order valence-corrected chi connectivity index (χ3v) is 5.14. The van der Waals surface area contributed by atoms with E-state index in [0.717, 1.165) is 38.0 Å². The van der Waals surface area contributed by atoms with E-state index < -0.39 is 0 Å². The number of unbranched alkanes of at least 4 members (excludes halogenated alkanes) is 1. The van der Waals surface area contributed by atoms with Crippen molar-refractivity contribution in [3.8, 4) is 0 Å². The number of nitrogens with zero attached hydrogens (tertiary/aromatic N) is 4. The lowest BCUT2D eigenvalue weighted by molar-refractivity contribution is -0.119. The van der Waals surface area contributed by atoms with Crippen LogP contribution >= 0.6 is 0 Å². The number of nitrogens with two attached hydrogens (primary N) is 1. The Labute approximate surface area is 171 Å². The highest BCUT2D eigenvalue weighted by Gasteiger charge is 2.26. The van der Waals surface area contributed by atoms with E-state index in [-0.39, 0.29) is 17.4 Å². The van der Waals surface area contributed by atoms with Gasteiger partial charge in [0.05, 0.1) is 36.2 Å². The molecule has 1 aliphatic rings. The molecule has 3 rings (SSSR count). The van der Waals surface area contributed by atoms with Crippen LogP contribution in [0.3, 0.4) is 0 Å². The fraction of sp³-hybridized carbons (Fsp3) is 0.600. The molecule has 1 atom stereocenters. The third-order valence-electron chi connectivity index (χ3n) is 5.14. The fourth-order valence-corrected chi connectivity index (χ4v) is 3.48. The van der Waals surface area contributed by atoms with Crippen LogP contribution in [0.4, 0.5) is 17.5 Å². The topological polar surface area (TPSA) is 118 Å². The number of fused-ring (bicyclic) bond motifs is 1. The zero-order valence-electron chi connectivity index (χ0n) is 17.5. The molecule has 29 heavy (non-hydrogen) atoms. The van der Waals surface area contributed by atoms with Crippen molar-refractivity contribution in [3.05, 3.63) is 12.3 Å². The van der Waals surface area contributed by atoms with Crippen molar-refractivity contribution in [3.63, 3.8) is 0 Å². The second-order valence-corrected chi connectivity index (χ2v) is 7.79. The van der Waals surface area contributed by atoms with E-state index in [0.29, 0.717) is 36.6 Å². The highest BCUT2D eigenvalue weighted by Crippen LogP contribution is 2.27. The molecular formula is C20H31N7O2. The van der Waals surface area contributed by atoms with Crippen LogP contribution in [0, 0.1) is 0 Å². The van der Waals surface area contributed by atoms with Gasteiger partial charge in [0.15, 0.2) is 5.82 Å². The number of hydrogen-bond donors (Lipinski definition) is 3. The standard InChI is InChI=1S/C20H31N7O2/c1-4-5-6-20(3,13-23-14(2)28)26-18-17-16(24-19(21)25-18)11-15(12-22-17)27-7-9-29-10-8-27/h11-12H,4-10,13H2,1-3H3,(H,23,28)(H3,21,24,25,26)/t20-/m1/s1. The second kappa shape index (κ2) is 9.21. The monoisotopic (exact) mass is 401 g/mol. The smallest absolute Gasteiger partial charge is 0.222 e. The second-order valence-electron chi connectivity index (χ2n) is 7.79. The van der Waals surface area contributed by atoms with Crippen LogP contribution in [-0.2, 0) is 9.53 Å². The van der Waals surface area contributed by atoms with Gasteiger partial charge in [-0.3, -0.25) is 4.79 Å². The zero-order chi connectivity index (χ0) is 20.9. The highest BCUT2D eigenvalue weighted by molar-refractivity contribution is 5.88. The summed E-state index contributed by atoms with van der Waals surface area (Å²) in [6.07, 6.45) is 4.80. The van der Waals surface area contributed by atoms with Gasteiger partial charge in [-0.05, 0) is 19.4 Å². The Morgan fingerprint density at radius 3 is 2.79 bits per heavy atom. The SMILES string of the molecule is CCCC[C@](C)(CNC(C)=O)Nc1nc(N)nc2cc(N3CCOCC3)cnc12. The molecule has 0 unspecified atom stereocenters. The van der Waals surface area contributed by atoms with Crippen LogP contribution in [0.2, 0.25) is 0 Å². The molecule has 1 fully saturated rings. The number of anilines is 3. The molecule has 0 bridgehead atoms. The minimum Gasteiger partial charge on any atom is -0.378 e. The van der Waals surface area contributed by atoms with Gasteiger partial charge in [0, 0.05) is 26.6 Å². The van der Waals surface area contributed by atoms with Gasteiger partial charge < -0.3 is 26.0 Å². The molecule has 9 heteroatoms. The number of rotatable bonds is 8. The largest absolute Gasteiger partial charge is 0.378 e. The average molecular weight is 402 g/mol. The lowest BCUT2D eigenvalue weighted by Crippen LogP contribution is -2.46. The van der Waals surface area contributed by atoms with Crippen molar-refractivity contribution in [1.29, 1.82) is 0 Å². The van der Waals surface area contributed by atoms with E-state index in [1.54, 1.807) is 0 Å². The summed E-state index contributed by atoms with van der Waals surface area (Å²) in [6, 6.07) is 1.99. The summed E-state index contributed by atoms with van der Waals surface area (Å²) in [4.78, 5) is 27.1. The van der Waals surface area contributed by atoms with Crippen molar-refractivity contribution in [2.24, 2.45) is 0 Å². The minimum atomic E-state index is -0.375. The van der Waals surface area contributed by atoms with E-state index >= 15 is 0 Å². The molecule has 1 saturated heterocycles. The van der Waals surface area contributed by atoms with E-state index in [1.165, 1.54) is 6.92 Å². The first-order valence-corrected chi connectivity index (χ1v) is 10.2. The Bertz CT molecular complexity index is 854. The van der Waals surface area contributed by atoms with Gasteiger partial charge in [-0.2, -0.15) is 4.98 Å². The van der Waals surface area contributed by atoms with Crippen LogP contribution in [0.25, 0.3) is 11.0 Å². The Kier molecular flexibility index (Phi) is 6.68. The maximum Gasteiger partial charge on any atom is 0.222 e. The summed E-state index contributed by atoms with van der Waals surface area (Å²) < 4.78 is 5.43. The van der Waals surface area contributed by atoms with Gasteiger partial charge in [-0.15, -0.1) is 0 Å². The summed E-state index contributed by atoms with van der Waals surface area (Å²) in [5.41, 5.74) is 7.99. The van der Waals surface area contributed by atoms with Crippen molar-refractivity contribution < 1.29 is 9.53 Å². The molecule has 9 nitrogen and oxygen atoms in total. The van der Waals surface area contributed by atoms with Crippen molar-refractivity contribution in [2.45, 2.75) is 45.6 Å². The Hall–Kier alpha value is -2.68. The average Bonchev–Trinajstić information content (AvgIpc) is 2.71. The number of nitrogens with one attached hydrogen (secondary N) is 2. The van der Waals surface area contributed by atoms with Gasteiger partial charge in [0.1, 0.15) is 5.52 Å². The van der Waals surface area contributed by atoms with Gasteiger partial charge in [-0.25, -0.2) is 9.97 Å². The maximum atomic E-state index is 11.5. The molecule has 4 N–H and O–H groups in total. The van der Waals surface area contributed by atoms with Crippen molar-refractivity contribution >= 4 is 34.4 Å². The number of pyridine rings is 1. The zero-order valence-corrected chi connectivity index (χ0v) is 17.5. The first-order valence-electron chi connectivity index (χ1n) is 10.2. The molecule has 0 aromatic carbocycles. The molecule has 158 valence electrons. The Balaban J connectivity index is 1.91. The molecule has 0 radical (unpaired) electrons. The molecule has 2 aromatic rings. The summed E-state index contributed by atoms with van der Waals surface area (Å²) in [7, 11) is 0. The Morgan fingerprint density at radius 2 is 2.10 bits per heavy atom. The lowest BCUT2D eigenvalue weighted by atomic mass is 9.94. The number of hydrogen-bond acceptors (Lipinski definition) is 8. The lowest BCUT2D eigenvalue weighted by Gasteiger charge is -2.32. The molecule has 2 aromatic heterocycles. The summed E-state index contributed by atoms with van der Waals surface area (Å²) in [6.45, 7) is 9.28. The first kappa shape index (κ1) is 21.0. The predicted octanol–water partition coefficient (Wildman–Crippen LogP) is 1.94. The number of morpholine rings is 1. The van der Waals surface area contributed by atoms with Crippen molar-refractivity contribution in [2.75, 3.05) is 48.8 Å². The number of ether oxygens (including phenoxy) is 1. The fourth-order valence-electron chi connectivity index (χ4n) is 3.48. The summed E-state index contributed by atoms with van der Waals surface area (Å²) >= 11 is 0. The molecule has 1 aliphatic heterocycles. The molecule has 0 aliphatic carbocycles. The number of aromatic nitrogens is 3. The molecule has 0 spiro atoms. The molecule has 0 saturated carbocycles. The van der Waals surface area contributed by atoms with E-state index in [2.05, 4.69) is 44.3 Å². The van der Waals surface area contributed by atoms with Gasteiger partial charge in [0.25, 0.3) is 0 Å². The van der Waals surface area contributed by atoms with Crippen molar-refractivity contribution in [1.82, 2.24) is 20.3 Å².